The molecule has 0 N–H and O–H groups in total. The molecule has 0 spiro atoms. The fourth-order valence-corrected chi connectivity index (χ4v) is 4.41. The molecule has 0 saturated heterocycles. The van der Waals surface area contributed by atoms with Gasteiger partial charge in [-0.25, -0.2) is 4.79 Å². The molecule has 3 aromatic rings. The maximum Gasteiger partial charge on any atom is 0.416 e. The molecule has 10 heteroatoms. The summed E-state index contributed by atoms with van der Waals surface area (Å²) < 4.78 is 62.7. The normalized spacial score (nSPS) is 15.1. The molecular formula is C30H28F3NO6. The fourth-order valence-electron chi connectivity index (χ4n) is 4.41. The standard InChI is InChI=1S/C30H28F3NO6/c1-37-22-9-4-19(5-10-22)16-34(17-20-6-11-23(38-2)12-7-20)21-8-13-26(30(31,32)33)24(14-21)28-15-27(35)25(18-40-28)29(36)39-3/h4-14,18,28H,15-17H2,1-3H3. The van der Waals surface area contributed by atoms with Gasteiger partial charge in [0.1, 0.15) is 29.4 Å². The number of carbonyl (C=O) groups excluding carboxylic acids is 2. The van der Waals surface area contributed by atoms with Crippen molar-refractivity contribution in [3.05, 3.63) is 101 Å². The van der Waals surface area contributed by atoms with Crippen molar-refractivity contribution < 1.29 is 41.7 Å². The van der Waals surface area contributed by atoms with Crippen molar-refractivity contribution in [2.75, 3.05) is 26.2 Å². The summed E-state index contributed by atoms with van der Waals surface area (Å²) in [5, 5.41) is 0. The second kappa shape index (κ2) is 12.1. The minimum atomic E-state index is -4.69. The zero-order valence-electron chi connectivity index (χ0n) is 22.2. The Hall–Kier alpha value is -4.47. The van der Waals surface area contributed by atoms with Crippen LogP contribution in [0.25, 0.3) is 0 Å². The van der Waals surface area contributed by atoms with Crippen LogP contribution in [-0.4, -0.2) is 33.1 Å². The number of esters is 1. The van der Waals surface area contributed by atoms with Crippen LogP contribution >= 0.6 is 0 Å². The van der Waals surface area contributed by atoms with Gasteiger partial charge in [-0.2, -0.15) is 13.2 Å². The summed E-state index contributed by atoms with van der Waals surface area (Å²) in [6.07, 6.45) is -5.49. The fraction of sp³-hybridized carbons (Fsp3) is 0.267. The Bertz CT molecular complexity index is 1330. The second-order valence-electron chi connectivity index (χ2n) is 9.10. The van der Waals surface area contributed by atoms with Gasteiger partial charge in [-0.05, 0) is 53.6 Å². The number of methoxy groups -OCH3 is 3. The Balaban J connectivity index is 1.74. The Labute approximate surface area is 229 Å². The maximum absolute atomic E-state index is 14.1. The molecule has 7 nitrogen and oxygen atoms in total. The van der Waals surface area contributed by atoms with Crippen LogP contribution < -0.4 is 14.4 Å². The van der Waals surface area contributed by atoms with E-state index in [1.165, 1.54) is 12.1 Å². The van der Waals surface area contributed by atoms with Crippen molar-refractivity contribution in [1.82, 2.24) is 0 Å². The highest BCUT2D eigenvalue weighted by Gasteiger charge is 2.38. The van der Waals surface area contributed by atoms with Gasteiger partial charge in [-0.15, -0.1) is 0 Å². The molecule has 0 fully saturated rings. The lowest BCUT2D eigenvalue weighted by molar-refractivity contribution is -0.142. The van der Waals surface area contributed by atoms with Crippen molar-refractivity contribution in [3.8, 4) is 11.5 Å². The van der Waals surface area contributed by atoms with E-state index < -0.39 is 36.0 Å². The largest absolute Gasteiger partial charge is 0.497 e. The monoisotopic (exact) mass is 555 g/mol. The van der Waals surface area contributed by atoms with Gasteiger partial charge in [0.25, 0.3) is 0 Å². The van der Waals surface area contributed by atoms with Crippen LogP contribution in [0.15, 0.2) is 78.6 Å². The number of benzene rings is 3. The number of hydrogen-bond donors (Lipinski definition) is 0. The van der Waals surface area contributed by atoms with Gasteiger partial charge in [0, 0.05) is 24.3 Å². The van der Waals surface area contributed by atoms with Crippen LogP contribution in [0.4, 0.5) is 18.9 Å². The zero-order chi connectivity index (χ0) is 28.9. The first-order valence-electron chi connectivity index (χ1n) is 12.3. The van der Waals surface area contributed by atoms with Crippen LogP contribution in [0.5, 0.6) is 11.5 Å². The van der Waals surface area contributed by atoms with Crippen LogP contribution in [0.1, 0.15) is 34.8 Å². The summed E-state index contributed by atoms with van der Waals surface area (Å²) in [4.78, 5) is 26.3. The quantitative estimate of drug-likeness (QED) is 0.236. The summed E-state index contributed by atoms with van der Waals surface area (Å²) in [5.41, 5.74) is 0.847. The topological polar surface area (TPSA) is 74.3 Å². The number of carbonyl (C=O) groups is 2. The smallest absolute Gasteiger partial charge is 0.416 e. The van der Waals surface area contributed by atoms with Gasteiger partial charge in [-0.1, -0.05) is 24.3 Å². The molecule has 0 aromatic heterocycles. The van der Waals surface area contributed by atoms with E-state index >= 15 is 0 Å². The number of rotatable bonds is 9. The van der Waals surface area contributed by atoms with Gasteiger partial charge in [0.2, 0.25) is 0 Å². The number of alkyl halides is 3. The second-order valence-corrected chi connectivity index (χ2v) is 9.10. The molecule has 1 heterocycles. The van der Waals surface area contributed by atoms with E-state index in [-0.39, 0.29) is 11.1 Å². The summed E-state index contributed by atoms with van der Waals surface area (Å²) in [7, 11) is 4.24. The Morgan fingerprint density at radius 1 is 0.900 bits per heavy atom. The number of anilines is 1. The number of Topliss-reactive ketones (excluding diaryl/α,β-unsaturated/α-hetero) is 1. The van der Waals surface area contributed by atoms with Gasteiger partial charge in [0.15, 0.2) is 5.78 Å². The first-order valence-corrected chi connectivity index (χ1v) is 12.3. The molecule has 4 rings (SSSR count). The van der Waals surface area contributed by atoms with Crippen LogP contribution in [0.2, 0.25) is 0 Å². The highest BCUT2D eigenvalue weighted by molar-refractivity contribution is 6.17. The highest BCUT2D eigenvalue weighted by Crippen LogP contribution is 2.41. The minimum Gasteiger partial charge on any atom is -0.497 e. The van der Waals surface area contributed by atoms with Crippen LogP contribution in [0.3, 0.4) is 0 Å². The zero-order valence-corrected chi connectivity index (χ0v) is 22.2. The minimum absolute atomic E-state index is 0.201. The van der Waals surface area contributed by atoms with Gasteiger partial charge >= 0.3 is 12.1 Å². The average Bonchev–Trinajstić information content (AvgIpc) is 2.96. The summed E-state index contributed by atoms with van der Waals surface area (Å²) >= 11 is 0. The Kier molecular flexibility index (Phi) is 8.67. The molecule has 0 amide bonds. The van der Waals surface area contributed by atoms with Crippen LogP contribution in [0, 0.1) is 0 Å². The number of ether oxygens (including phenoxy) is 4. The third kappa shape index (κ3) is 6.56. The number of halogens is 3. The van der Waals surface area contributed by atoms with E-state index in [0.717, 1.165) is 30.6 Å². The SMILES string of the molecule is COC(=O)C1=COC(c2cc(N(Cc3ccc(OC)cc3)Cc3ccc(OC)cc3)ccc2C(F)(F)F)CC1=O. The Morgan fingerprint density at radius 3 is 1.90 bits per heavy atom. The molecule has 0 radical (unpaired) electrons. The predicted molar refractivity (Wildman–Crippen MR) is 141 cm³/mol. The molecule has 0 saturated carbocycles. The van der Waals surface area contributed by atoms with E-state index in [2.05, 4.69) is 4.74 Å². The van der Waals surface area contributed by atoms with Gasteiger partial charge in [0.05, 0.1) is 33.3 Å². The lowest BCUT2D eigenvalue weighted by atomic mass is 9.93. The molecule has 1 atom stereocenters. The van der Waals surface area contributed by atoms with Gasteiger partial charge < -0.3 is 23.8 Å². The molecular weight excluding hydrogens is 527 g/mol. The highest BCUT2D eigenvalue weighted by atomic mass is 19.4. The maximum atomic E-state index is 14.1. The molecule has 1 unspecified atom stereocenters. The van der Waals surface area contributed by atoms with E-state index in [1.54, 1.807) is 14.2 Å². The molecule has 1 aliphatic rings. The third-order valence-electron chi connectivity index (χ3n) is 6.54. The van der Waals surface area contributed by atoms with Crippen molar-refractivity contribution in [3.63, 3.8) is 0 Å². The van der Waals surface area contributed by atoms with Crippen molar-refractivity contribution in [2.45, 2.75) is 31.8 Å². The molecule has 3 aromatic carbocycles. The van der Waals surface area contributed by atoms with Crippen molar-refractivity contribution in [1.29, 1.82) is 0 Å². The molecule has 0 bridgehead atoms. The first kappa shape index (κ1) is 28.5. The number of ketones is 1. The average molecular weight is 556 g/mol. The first-order chi connectivity index (χ1) is 19.1. The van der Waals surface area contributed by atoms with Crippen molar-refractivity contribution >= 4 is 17.4 Å². The molecule has 210 valence electrons. The van der Waals surface area contributed by atoms with E-state index in [1.807, 2.05) is 53.4 Å². The lowest BCUT2D eigenvalue weighted by Crippen LogP contribution is -2.25. The van der Waals surface area contributed by atoms with E-state index in [0.29, 0.717) is 30.3 Å². The van der Waals surface area contributed by atoms with E-state index in [9.17, 15) is 22.8 Å². The van der Waals surface area contributed by atoms with Crippen molar-refractivity contribution in [2.24, 2.45) is 0 Å². The third-order valence-corrected chi connectivity index (χ3v) is 6.54. The number of hydrogen-bond acceptors (Lipinski definition) is 7. The molecule has 0 aliphatic carbocycles. The summed E-state index contributed by atoms with van der Waals surface area (Å²) in [6.45, 7) is 0.745. The van der Waals surface area contributed by atoms with Gasteiger partial charge in [-0.3, -0.25) is 4.79 Å². The molecule has 40 heavy (non-hydrogen) atoms. The van der Waals surface area contributed by atoms with Crippen LogP contribution in [-0.2, 0) is 38.3 Å². The molecule has 1 aliphatic heterocycles. The Morgan fingerprint density at radius 2 is 1.45 bits per heavy atom. The summed E-state index contributed by atoms with van der Waals surface area (Å²) in [5.74, 6) is -0.199. The summed E-state index contributed by atoms with van der Waals surface area (Å²) in [6, 6.07) is 18.6. The lowest BCUT2D eigenvalue weighted by Gasteiger charge is -2.29. The number of nitrogens with zero attached hydrogens (tertiary/aromatic N) is 1. The van der Waals surface area contributed by atoms with E-state index in [4.69, 9.17) is 14.2 Å². The predicted octanol–water partition coefficient (Wildman–Crippen LogP) is 6.02.